The van der Waals surface area contributed by atoms with Crippen molar-refractivity contribution in [2.45, 2.75) is 29.2 Å². The van der Waals surface area contributed by atoms with E-state index in [2.05, 4.69) is 4.72 Å². The third-order valence-corrected chi connectivity index (χ3v) is 7.02. The molecule has 0 saturated carbocycles. The molecule has 2 aromatic rings. The Kier molecular flexibility index (Phi) is 5.06. The van der Waals surface area contributed by atoms with Crippen LogP contribution < -0.4 is 4.72 Å². The first-order valence-corrected chi connectivity index (χ1v) is 10.3. The number of rotatable bonds is 4. The highest BCUT2D eigenvalue weighted by atomic mass is 35.5. The number of hydrogen-bond acceptors (Lipinski definition) is 5. The molecule has 1 aliphatic rings. The summed E-state index contributed by atoms with van der Waals surface area (Å²) in [7, 11) is -3.95. The second-order valence-corrected chi connectivity index (χ2v) is 8.91. The number of nitrogens with one attached hydrogen (secondary N) is 1. The maximum Gasteiger partial charge on any atom is 0.275 e. The third-order valence-electron chi connectivity index (χ3n) is 4.05. The second kappa shape index (κ2) is 6.95. The number of hydrogen-bond donors (Lipinski definition) is 1. The van der Waals surface area contributed by atoms with E-state index < -0.39 is 14.9 Å². The van der Waals surface area contributed by atoms with Gasteiger partial charge in [0, 0.05) is 22.6 Å². The summed E-state index contributed by atoms with van der Waals surface area (Å²) >= 11 is 7.67. The van der Waals surface area contributed by atoms with Crippen LogP contribution in [0.3, 0.4) is 0 Å². The van der Waals surface area contributed by atoms with E-state index >= 15 is 0 Å². The molecule has 0 aliphatic carbocycles. The Hall–Kier alpha value is -1.61. The van der Waals surface area contributed by atoms with E-state index in [0.717, 1.165) is 22.3 Å². The molecule has 0 unspecified atom stereocenters. The molecule has 1 N–H and O–H groups in total. The van der Waals surface area contributed by atoms with Gasteiger partial charge in [-0.1, -0.05) is 29.8 Å². The largest absolute Gasteiger partial charge is 0.275 e. The van der Waals surface area contributed by atoms with Gasteiger partial charge in [-0.25, -0.2) is 13.1 Å². The standard InChI is InChI=1S/C16H15ClN2O4S2/c1-10-13(17)8-11(9-15(10)19(20)21)25(22,23)18-14-6-7-24-16-5-3-2-4-12(14)16/h2-5,8-9,14,18H,6-7H2,1H3/t14-/m0/s1. The predicted molar refractivity (Wildman–Crippen MR) is 97.7 cm³/mol. The number of nitrogens with zero attached hydrogens (tertiary/aromatic N) is 1. The molecular weight excluding hydrogens is 384 g/mol. The topological polar surface area (TPSA) is 89.3 Å². The maximum absolute atomic E-state index is 12.7. The van der Waals surface area contributed by atoms with Crippen molar-refractivity contribution in [3.63, 3.8) is 0 Å². The minimum absolute atomic E-state index is 0.0502. The molecule has 0 aromatic heterocycles. The number of fused-ring (bicyclic) bond motifs is 1. The summed E-state index contributed by atoms with van der Waals surface area (Å²) in [4.78, 5) is 11.3. The molecule has 1 aliphatic heterocycles. The first-order chi connectivity index (χ1) is 11.8. The lowest BCUT2D eigenvalue weighted by atomic mass is 10.1. The van der Waals surface area contributed by atoms with Crippen molar-refractivity contribution in [1.82, 2.24) is 4.72 Å². The Balaban J connectivity index is 1.98. The molecule has 132 valence electrons. The van der Waals surface area contributed by atoms with Crippen molar-refractivity contribution >= 4 is 39.1 Å². The lowest BCUT2D eigenvalue weighted by molar-refractivity contribution is -0.385. The lowest BCUT2D eigenvalue weighted by Crippen LogP contribution is -2.30. The summed E-state index contributed by atoms with van der Waals surface area (Å²) in [6.45, 7) is 1.49. The quantitative estimate of drug-likeness (QED) is 0.619. The summed E-state index contributed by atoms with van der Waals surface area (Å²) in [6, 6.07) is 9.53. The SMILES string of the molecule is Cc1c(Cl)cc(S(=O)(=O)N[C@H]2CCSc3ccccc32)cc1[N+](=O)[O-]. The summed E-state index contributed by atoms with van der Waals surface area (Å²) in [5.74, 6) is 0.791. The summed E-state index contributed by atoms with van der Waals surface area (Å²) in [5, 5.41) is 11.2. The second-order valence-electron chi connectivity index (χ2n) is 5.66. The molecule has 0 amide bonds. The van der Waals surface area contributed by atoms with Crippen LogP contribution in [0.5, 0.6) is 0 Å². The molecule has 6 nitrogen and oxygen atoms in total. The van der Waals surface area contributed by atoms with Crippen LogP contribution in [-0.4, -0.2) is 19.1 Å². The van der Waals surface area contributed by atoms with Crippen molar-refractivity contribution in [2.24, 2.45) is 0 Å². The van der Waals surface area contributed by atoms with Gasteiger partial charge in [-0.15, -0.1) is 11.8 Å². The van der Waals surface area contributed by atoms with Gasteiger partial charge in [0.2, 0.25) is 10.0 Å². The Labute approximate surface area is 154 Å². The van der Waals surface area contributed by atoms with E-state index in [4.69, 9.17) is 11.6 Å². The van der Waals surface area contributed by atoms with E-state index in [0.29, 0.717) is 6.42 Å². The Morgan fingerprint density at radius 2 is 2.04 bits per heavy atom. The minimum atomic E-state index is -3.95. The molecule has 0 bridgehead atoms. The molecule has 1 atom stereocenters. The van der Waals surface area contributed by atoms with Gasteiger partial charge in [0.15, 0.2) is 0 Å². The van der Waals surface area contributed by atoms with Gasteiger partial charge in [-0.3, -0.25) is 10.1 Å². The molecule has 0 saturated heterocycles. The van der Waals surface area contributed by atoms with Gasteiger partial charge in [-0.2, -0.15) is 0 Å². The number of benzene rings is 2. The normalized spacial score (nSPS) is 17.1. The minimum Gasteiger partial charge on any atom is -0.258 e. The van der Waals surface area contributed by atoms with Crippen LogP contribution in [0.25, 0.3) is 0 Å². The first kappa shape index (κ1) is 18.2. The van der Waals surface area contributed by atoms with Gasteiger partial charge in [-0.05, 0) is 36.8 Å². The summed E-state index contributed by atoms with van der Waals surface area (Å²) in [5.41, 5.74) is 0.840. The van der Waals surface area contributed by atoms with E-state index in [-0.39, 0.29) is 27.2 Å². The van der Waals surface area contributed by atoms with Crippen molar-refractivity contribution in [3.8, 4) is 0 Å². The number of thioether (sulfide) groups is 1. The zero-order valence-electron chi connectivity index (χ0n) is 13.2. The van der Waals surface area contributed by atoms with Gasteiger partial charge >= 0.3 is 0 Å². The van der Waals surface area contributed by atoms with Crippen LogP contribution in [-0.2, 0) is 10.0 Å². The monoisotopic (exact) mass is 398 g/mol. The molecule has 0 fully saturated rings. The van der Waals surface area contributed by atoms with Crippen molar-refractivity contribution in [1.29, 1.82) is 0 Å². The number of sulfonamides is 1. The summed E-state index contributed by atoms with van der Waals surface area (Å²) < 4.78 is 28.2. The van der Waals surface area contributed by atoms with Crippen LogP contribution >= 0.6 is 23.4 Å². The molecule has 0 spiro atoms. The Morgan fingerprint density at radius 3 is 2.76 bits per heavy atom. The fraction of sp³-hybridized carbons (Fsp3) is 0.250. The van der Waals surface area contributed by atoms with Crippen LogP contribution in [0.15, 0.2) is 46.2 Å². The molecule has 0 radical (unpaired) electrons. The van der Waals surface area contributed by atoms with Crippen LogP contribution in [0.2, 0.25) is 5.02 Å². The predicted octanol–water partition coefficient (Wildman–Crippen LogP) is 4.07. The fourth-order valence-electron chi connectivity index (χ4n) is 2.70. The van der Waals surface area contributed by atoms with Crippen LogP contribution in [0, 0.1) is 17.0 Å². The average molecular weight is 399 g/mol. The van der Waals surface area contributed by atoms with Crippen molar-refractivity contribution in [3.05, 3.63) is 62.7 Å². The van der Waals surface area contributed by atoms with Gasteiger partial charge < -0.3 is 0 Å². The molecule has 3 rings (SSSR count). The molecular formula is C16H15ClN2O4S2. The maximum atomic E-state index is 12.7. The van der Waals surface area contributed by atoms with Crippen LogP contribution in [0.1, 0.15) is 23.6 Å². The Bertz CT molecular complexity index is 947. The van der Waals surface area contributed by atoms with Gasteiger partial charge in [0.1, 0.15) is 0 Å². The van der Waals surface area contributed by atoms with Gasteiger partial charge in [0.05, 0.1) is 14.8 Å². The van der Waals surface area contributed by atoms with Crippen molar-refractivity contribution in [2.75, 3.05) is 5.75 Å². The van der Waals surface area contributed by atoms with Gasteiger partial charge in [0.25, 0.3) is 5.69 Å². The van der Waals surface area contributed by atoms with E-state index in [1.165, 1.54) is 13.0 Å². The number of nitro groups is 1. The highest BCUT2D eigenvalue weighted by Crippen LogP contribution is 2.37. The lowest BCUT2D eigenvalue weighted by Gasteiger charge is -2.25. The zero-order valence-corrected chi connectivity index (χ0v) is 15.6. The van der Waals surface area contributed by atoms with Crippen molar-refractivity contribution < 1.29 is 13.3 Å². The van der Waals surface area contributed by atoms with Crippen LogP contribution in [0.4, 0.5) is 5.69 Å². The average Bonchev–Trinajstić information content (AvgIpc) is 2.57. The Morgan fingerprint density at radius 1 is 1.32 bits per heavy atom. The van der Waals surface area contributed by atoms with E-state index in [1.807, 2.05) is 24.3 Å². The summed E-state index contributed by atoms with van der Waals surface area (Å²) in [6.07, 6.45) is 0.641. The highest BCUT2D eigenvalue weighted by molar-refractivity contribution is 7.99. The molecule has 25 heavy (non-hydrogen) atoms. The number of nitro benzene ring substituents is 1. The first-order valence-electron chi connectivity index (χ1n) is 7.48. The smallest absolute Gasteiger partial charge is 0.258 e. The van der Waals surface area contributed by atoms with E-state index in [1.54, 1.807) is 11.8 Å². The third kappa shape index (κ3) is 3.67. The molecule has 2 aromatic carbocycles. The molecule has 9 heteroatoms. The highest BCUT2D eigenvalue weighted by Gasteiger charge is 2.28. The van der Waals surface area contributed by atoms with E-state index in [9.17, 15) is 18.5 Å². The fourth-order valence-corrected chi connectivity index (χ4v) is 5.40. The number of halogens is 1. The zero-order chi connectivity index (χ0) is 18.2. The molecule has 1 heterocycles.